The standard InChI is InChI=1S/C10H13NO2/c12-5-6-13-9-3-1-8(2-4-9)10-7-11-10/h1-4,10-12H,5-7H2/t10-/m1/s1. The molecular formula is C10H13NO2. The number of ether oxygens (including phenoxy) is 1. The van der Waals surface area contributed by atoms with Gasteiger partial charge in [-0.1, -0.05) is 12.1 Å². The Morgan fingerprint density at radius 3 is 2.62 bits per heavy atom. The lowest BCUT2D eigenvalue weighted by Gasteiger charge is -2.04. The van der Waals surface area contributed by atoms with Crippen LogP contribution in [-0.2, 0) is 0 Å². The summed E-state index contributed by atoms with van der Waals surface area (Å²) in [4.78, 5) is 0. The van der Waals surface area contributed by atoms with Crippen LogP contribution in [0.25, 0.3) is 0 Å². The first kappa shape index (κ1) is 8.53. The Morgan fingerprint density at radius 1 is 1.38 bits per heavy atom. The monoisotopic (exact) mass is 179 g/mol. The van der Waals surface area contributed by atoms with Gasteiger partial charge in [-0.05, 0) is 17.7 Å². The smallest absolute Gasteiger partial charge is 0.119 e. The van der Waals surface area contributed by atoms with Gasteiger partial charge in [-0.25, -0.2) is 0 Å². The van der Waals surface area contributed by atoms with Crippen LogP contribution in [-0.4, -0.2) is 24.9 Å². The van der Waals surface area contributed by atoms with E-state index in [0.29, 0.717) is 12.6 Å². The van der Waals surface area contributed by atoms with Gasteiger partial charge in [0, 0.05) is 12.6 Å². The van der Waals surface area contributed by atoms with E-state index in [1.54, 1.807) is 0 Å². The van der Waals surface area contributed by atoms with Crippen molar-refractivity contribution in [1.29, 1.82) is 0 Å². The molecule has 13 heavy (non-hydrogen) atoms. The average molecular weight is 179 g/mol. The molecule has 0 unspecified atom stereocenters. The fourth-order valence-electron chi connectivity index (χ4n) is 1.25. The quantitative estimate of drug-likeness (QED) is 0.669. The second kappa shape index (κ2) is 3.77. The summed E-state index contributed by atoms with van der Waals surface area (Å²) in [5.41, 5.74) is 1.30. The topological polar surface area (TPSA) is 51.4 Å². The molecule has 1 fully saturated rings. The molecule has 0 aromatic heterocycles. The number of nitrogens with one attached hydrogen (secondary N) is 1. The summed E-state index contributed by atoms with van der Waals surface area (Å²) in [6.07, 6.45) is 0. The van der Waals surface area contributed by atoms with Crippen molar-refractivity contribution in [2.24, 2.45) is 0 Å². The van der Waals surface area contributed by atoms with E-state index in [0.717, 1.165) is 12.3 Å². The van der Waals surface area contributed by atoms with Crippen LogP contribution in [0.4, 0.5) is 0 Å². The van der Waals surface area contributed by atoms with Crippen molar-refractivity contribution in [3.8, 4) is 5.75 Å². The molecule has 1 aliphatic heterocycles. The molecule has 70 valence electrons. The molecule has 2 N–H and O–H groups in total. The van der Waals surface area contributed by atoms with E-state index in [-0.39, 0.29) is 6.61 Å². The molecule has 0 radical (unpaired) electrons. The van der Waals surface area contributed by atoms with E-state index in [4.69, 9.17) is 9.84 Å². The lowest BCUT2D eigenvalue weighted by molar-refractivity contribution is 0.201. The highest BCUT2D eigenvalue weighted by atomic mass is 16.5. The van der Waals surface area contributed by atoms with Crippen LogP contribution < -0.4 is 10.1 Å². The SMILES string of the molecule is OCCOc1ccc([C@H]2CN2)cc1. The molecule has 1 heterocycles. The number of benzene rings is 1. The van der Waals surface area contributed by atoms with Crippen LogP contribution in [0.15, 0.2) is 24.3 Å². The Morgan fingerprint density at radius 2 is 2.08 bits per heavy atom. The van der Waals surface area contributed by atoms with Gasteiger partial charge in [0.1, 0.15) is 12.4 Å². The summed E-state index contributed by atoms with van der Waals surface area (Å²) < 4.78 is 5.24. The van der Waals surface area contributed by atoms with Gasteiger partial charge in [0.15, 0.2) is 0 Å². The van der Waals surface area contributed by atoms with Crippen LogP contribution in [0.3, 0.4) is 0 Å². The first-order valence-corrected chi connectivity index (χ1v) is 4.47. The maximum atomic E-state index is 8.55. The maximum absolute atomic E-state index is 8.55. The van der Waals surface area contributed by atoms with E-state index in [9.17, 15) is 0 Å². The molecule has 2 rings (SSSR count). The minimum absolute atomic E-state index is 0.0614. The molecule has 1 aliphatic rings. The Balaban J connectivity index is 1.96. The lowest BCUT2D eigenvalue weighted by atomic mass is 10.1. The first-order chi connectivity index (χ1) is 6.40. The van der Waals surface area contributed by atoms with Gasteiger partial charge in [-0.3, -0.25) is 0 Å². The third-order valence-electron chi connectivity index (χ3n) is 2.05. The Hall–Kier alpha value is -1.06. The lowest BCUT2D eigenvalue weighted by Crippen LogP contribution is -2.01. The molecule has 0 aliphatic carbocycles. The van der Waals surface area contributed by atoms with Crippen molar-refractivity contribution in [2.45, 2.75) is 6.04 Å². The predicted octanol–water partition coefficient (Wildman–Crippen LogP) is 0.702. The van der Waals surface area contributed by atoms with Gasteiger partial charge < -0.3 is 15.2 Å². The Kier molecular flexibility index (Phi) is 2.47. The van der Waals surface area contributed by atoms with Crippen molar-refractivity contribution in [3.63, 3.8) is 0 Å². The Bertz CT molecular complexity index is 267. The molecule has 0 saturated carbocycles. The third kappa shape index (κ3) is 2.20. The fourth-order valence-corrected chi connectivity index (χ4v) is 1.25. The van der Waals surface area contributed by atoms with Gasteiger partial charge in [0.05, 0.1) is 6.61 Å². The van der Waals surface area contributed by atoms with E-state index in [2.05, 4.69) is 17.4 Å². The van der Waals surface area contributed by atoms with E-state index >= 15 is 0 Å². The largest absolute Gasteiger partial charge is 0.491 e. The van der Waals surface area contributed by atoms with Gasteiger partial charge in [-0.2, -0.15) is 0 Å². The normalized spacial score (nSPS) is 19.9. The summed E-state index contributed by atoms with van der Waals surface area (Å²) in [5, 5.41) is 11.8. The molecule has 0 spiro atoms. The van der Waals surface area contributed by atoms with Crippen LogP contribution in [0.5, 0.6) is 5.75 Å². The van der Waals surface area contributed by atoms with Gasteiger partial charge in [0.2, 0.25) is 0 Å². The molecule has 1 saturated heterocycles. The van der Waals surface area contributed by atoms with Crippen molar-refractivity contribution in [1.82, 2.24) is 5.32 Å². The Labute approximate surface area is 77.3 Å². The van der Waals surface area contributed by atoms with Crippen molar-refractivity contribution >= 4 is 0 Å². The summed E-state index contributed by atoms with van der Waals surface area (Å²) in [6.45, 7) is 1.50. The predicted molar refractivity (Wildman–Crippen MR) is 49.8 cm³/mol. The van der Waals surface area contributed by atoms with Crippen LogP contribution in [0.2, 0.25) is 0 Å². The zero-order valence-corrected chi connectivity index (χ0v) is 7.36. The number of aliphatic hydroxyl groups excluding tert-OH is 1. The second-order valence-electron chi connectivity index (χ2n) is 3.10. The van der Waals surface area contributed by atoms with Crippen molar-refractivity contribution in [3.05, 3.63) is 29.8 Å². The number of rotatable bonds is 4. The minimum atomic E-state index is 0.0614. The minimum Gasteiger partial charge on any atom is -0.491 e. The summed E-state index contributed by atoms with van der Waals surface area (Å²) >= 11 is 0. The average Bonchev–Trinajstić information content (AvgIpc) is 2.99. The first-order valence-electron chi connectivity index (χ1n) is 4.47. The number of hydrogen-bond acceptors (Lipinski definition) is 3. The summed E-state index contributed by atoms with van der Waals surface area (Å²) in [6, 6.07) is 8.52. The highest BCUT2D eigenvalue weighted by Crippen LogP contribution is 2.23. The fraction of sp³-hybridized carbons (Fsp3) is 0.400. The second-order valence-corrected chi connectivity index (χ2v) is 3.10. The van der Waals surface area contributed by atoms with E-state index in [1.165, 1.54) is 5.56 Å². The maximum Gasteiger partial charge on any atom is 0.119 e. The zero-order valence-electron chi connectivity index (χ0n) is 7.36. The highest BCUT2D eigenvalue weighted by molar-refractivity contribution is 5.31. The molecule has 0 amide bonds. The van der Waals surface area contributed by atoms with Crippen LogP contribution in [0, 0.1) is 0 Å². The molecule has 3 nitrogen and oxygen atoms in total. The zero-order chi connectivity index (χ0) is 9.10. The number of aliphatic hydroxyl groups is 1. The molecule has 1 atom stereocenters. The summed E-state index contributed by atoms with van der Waals surface area (Å²) in [5.74, 6) is 0.818. The van der Waals surface area contributed by atoms with E-state index < -0.39 is 0 Å². The van der Waals surface area contributed by atoms with Gasteiger partial charge >= 0.3 is 0 Å². The molecule has 3 heteroatoms. The van der Waals surface area contributed by atoms with Gasteiger partial charge in [-0.15, -0.1) is 0 Å². The molecular weight excluding hydrogens is 166 g/mol. The van der Waals surface area contributed by atoms with E-state index in [1.807, 2.05) is 12.1 Å². The molecule has 0 bridgehead atoms. The third-order valence-corrected chi connectivity index (χ3v) is 2.05. The summed E-state index contributed by atoms with van der Waals surface area (Å²) in [7, 11) is 0. The van der Waals surface area contributed by atoms with Gasteiger partial charge in [0.25, 0.3) is 0 Å². The van der Waals surface area contributed by atoms with Crippen LogP contribution >= 0.6 is 0 Å². The van der Waals surface area contributed by atoms with Crippen molar-refractivity contribution in [2.75, 3.05) is 19.8 Å². The highest BCUT2D eigenvalue weighted by Gasteiger charge is 2.21. The molecule has 1 aromatic rings. The van der Waals surface area contributed by atoms with Crippen LogP contribution in [0.1, 0.15) is 11.6 Å². The van der Waals surface area contributed by atoms with Crippen molar-refractivity contribution < 1.29 is 9.84 Å². The number of hydrogen-bond donors (Lipinski definition) is 2. The molecule has 1 aromatic carbocycles.